The van der Waals surface area contributed by atoms with Gasteiger partial charge in [0, 0.05) is 42.9 Å². The van der Waals surface area contributed by atoms with E-state index < -0.39 is 22.2 Å². The Morgan fingerprint density at radius 2 is 2.03 bits per heavy atom. The molecule has 2 atom stereocenters. The molecule has 3 heterocycles. The van der Waals surface area contributed by atoms with Crippen molar-refractivity contribution in [2.45, 2.75) is 13.1 Å². The molecular formula is C17H22F3N3O6S. The zero-order chi connectivity index (χ0) is 22.7. The second kappa shape index (κ2) is 8.86. The standard InChI is InChI=1S/C15H21N3O4S.C2HF3O2/c1-11-3-4-12(5-16-11)14(19)18-6-13-7-22-10-15(13,9-18)8-17-23(2,20)21;3-2(4,5)1(6)7/h3-5,13,17H,6-10H2,1-2H3;(H,6,7)/t13-,15+;/m1./s1. The van der Waals surface area contributed by atoms with Crippen molar-refractivity contribution in [1.29, 1.82) is 0 Å². The van der Waals surface area contributed by atoms with Gasteiger partial charge in [-0.1, -0.05) is 0 Å². The van der Waals surface area contributed by atoms with Crippen molar-refractivity contribution in [1.82, 2.24) is 14.6 Å². The Labute approximate surface area is 171 Å². The van der Waals surface area contributed by atoms with E-state index in [2.05, 4.69) is 9.71 Å². The number of rotatable bonds is 4. The number of likely N-dealkylation sites (tertiary alicyclic amines) is 1. The van der Waals surface area contributed by atoms with Crippen LogP contribution in [0.25, 0.3) is 0 Å². The van der Waals surface area contributed by atoms with Crippen LogP contribution in [0.5, 0.6) is 0 Å². The number of carbonyl (C=O) groups is 2. The van der Waals surface area contributed by atoms with Gasteiger partial charge in [0.05, 0.1) is 25.0 Å². The summed E-state index contributed by atoms with van der Waals surface area (Å²) in [5.74, 6) is -2.67. The molecule has 0 bridgehead atoms. The maximum Gasteiger partial charge on any atom is 0.490 e. The van der Waals surface area contributed by atoms with Crippen LogP contribution in [0.2, 0.25) is 0 Å². The molecule has 0 aromatic carbocycles. The number of alkyl halides is 3. The molecule has 0 aliphatic carbocycles. The lowest BCUT2D eigenvalue weighted by molar-refractivity contribution is -0.192. The fourth-order valence-corrected chi connectivity index (χ4v) is 3.84. The van der Waals surface area contributed by atoms with E-state index in [9.17, 15) is 26.4 Å². The number of hydrogen-bond acceptors (Lipinski definition) is 6. The summed E-state index contributed by atoms with van der Waals surface area (Å²) in [6.07, 6.45) is -2.35. The highest BCUT2D eigenvalue weighted by atomic mass is 32.2. The van der Waals surface area contributed by atoms with Gasteiger partial charge < -0.3 is 14.7 Å². The number of aliphatic carboxylic acids is 1. The van der Waals surface area contributed by atoms with Crippen molar-refractivity contribution in [3.8, 4) is 0 Å². The van der Waals surface area contributed by atoms with Gasteiger partial charge >= 0.3 is 12.1 Å². The van der Waals surface area contributed by atoms with Crippen LogP contribution in [0.1, 0.15) is 16.1 Å². The lowest BCUT2D eigenvalue weighted by atomic mass is 9.81. The van der Waals surface area contributed by atoms with E-state index in [0.717, 1.165) is 11.9 Å². The van der Waals surface area contributed by atoms with E-state index in [0.29, 0.717) is 38.4 Å². The average Bonchev–Trinajstić information content (AvgIpc) is 3.16. The summed E-state index contributed by atoms with van der Waals surface area (Å²) in [6, 6.07) is 3.59. The molecule has 3 rings (SSSR count). The van der Waals surface area contributed by atoms with E-state index in [1.165, 1.54) is 0 Å². The van der Waals surface area contributed by atoms with Gasteiger partial charge in [0.15, 0.2) is 0 Å². The molecule has 0 spiro atoms. The number of pyridine rings is 1. The normalized spacial score (nSPS) is 23.5. The maximum absolute atomic E-state index is 12.6. The average molecular weight is 453 g/mol. The minimum atomic E-state index is -5.08. The van der Waals surface area contributed by atoms with E-state index in [1.807, 2.05) is 13.0 Å². The maximum atomic E-state index is 12.6. The van der Waals surface area contributed by atoms with E-state index in [-0.39, 0.29) is 17.2 Å². The first-order chi connectivity index (χ1) is 13.7. The predicted octanol–water partition coefficient (Wildman–Crippen LogP) is 0.661. The van der Waals surface area contributed by atoms with Gasteiger partial charge in [0.1, 0.15) is 0 Å². The van der Waals surface area contributed by atoms with Crippen LogP contribution in [-0.2, 0) is 19.6 Å². The first-order valence-corrected chi connectivity index (χ1v) is 10.7. The topological polar surface area (TPSA) is 126 Å². The number of nitrogens with zero attached hydrogens (tertiary/aromatic N) is 2. The van der Waals surface area contributed by atoms with Crippen molar-refractivity contribution >= 4 is 21.9 Å². The number of nitrogens with one attached hydrogen (secondary N) is 1. The minimum Gasteiger partial charge on any atom is -0.475 e. The van der Waals surface area contributed by atoms with Gasteiger partial charge in [0.2, 0.25) is 10.0 Å². The third kappa shape index (κ3) is 6.12. The zero-order valence-corrected chi connectivity index (χ0v) is 17.1. The molecule has 0 unspecified atom stereocenters. The largest absolute Gasteiger partial charge is 0.490 e. The molecule has 9 nitrogen and oxygen atoms in total. The summed E-state index contributed by atoms with van der Waals surface area (Å²) in [7, 11) is -3.27. The monoisotopic (exact) mass is 453 g/mol. The van der Waals surface area contributed by atoms with Crippen LogP contribution in [0.4, 0.5) is 13.2 Å². The first kappa shape index (κ1) is 24.0. The lowest BCUT2D eigenvalue weighted by Crippen LogP contribution is -2.43. The summed E-state index contributed by atoms with van der Waals surface area (Å²) in [4.78, 5) is 27.5. The molecule has 1 amide bonds. The van der Waals surface area contributed by atoms with Crippen molar-refractivity contribution in [2.24, 2.45) is 11.3 Å². The molecule has 0 radical (unpaired) electrons. The highest BCUT2D eigenvalue weighted by Gasteiger charge is 2.52. The lowest BCUT2D eigenvalue weighted by Gasteiger charge is -2.27. The minimum absolute atomic E-state index is 0.0642. The van der Waals surface area contributed by atoms with Crippen LogP contribution in [0.15, 0.2) is 18.3 Å². The Morgan fingerprint density at radius 1 is 1.40 bits per heavy atom. The molecule has 1 aromatic rings. The summed E-state index contributed by atoms with van der Waals surface area (Å²) in [6.45, 7) is 4.27. The van der Waals surface area contributed by atoms with Crippen LogP contribution in [0.3, 0.4) is 0 Å². The fraction of sp³-hybridized carbons (Fsp3) is 0.588. The highest BCUT2D eigenvalue weighted by Crippen LogP contribution is 2.41. The van der Waals surface area contributed by atoms with E-state index >= 15 is 0 Å². The van der Waals surface area contributed by atoms with Gasteiger partial charge in [-0.2, -0.15) is 13.2 Å². The van der Waals surface area contributed by atoms with Crippen molar-refractivity contribution < 1.29 is 41.0 Å². The summed E-state index contributed by atoms with van der Waals surface area (Å²) >= 11 is 0. The molecule has 2 saturated heterocycles. The first-order valence-electron chi connectivity index (χ1n) is 8.78. The second-order valence-corrected chi connectivity index (χ2v) is 9.18. The Balaban J connectivity index is 0.000000396. The third-order valence-corrected chi connectivity index (χ3v) is 5.56. The summed E-state index contributed by atoms with van der Waals surface area (Å²) in [5.41, 5.74) is 1.08. The highest BCUT2D eigenvalue weighted by molar-refractivity contribution is 7.88. The van der Waals surface area contributed by atoms with Crippen molar-refractivity contribution in [3.05, 3.63) is 29.6 Å². The smallest absolute Gasteiger partial charge is 0.475 e. The molecule has 30 heavy (non-hydrogen) atoms. The number of hydrogen-bond donors (Lipinski definition) is 2. The number of carboxylic acid groups (broad SMARTS) is 1. The van der Waals surface area contributed by atoms with Gasteiger partial charge in [-0.25, -0.2) is 17.9 Å². The van der Waals surface area contributed by atoms with Crippen LogP contribution < -0.4 is 4.72 Å². The van der Waals surface area contributed by atoms with Crippen LogP contribution in [0, 0.1) is 18.3 Å². The third-order valence-electron chi connectivity index (χ3n) is 4.90. The number of amides is 1. The van der Waals surface area contributed by atoms with E-state index in [1.54, 1.807) is 17.2 Å². The number of fused-ring (bicyclic) bond motifs is 1. The Morgan fingerprint density at radius 3 is 2.53 bits per heavy atom. The summed E-state index contributed by atoms with van der Waals surface area (Å²) < 4.78 is 62.7. The molecule has 168 valence electrons. The number of sulfonamides is 1. The van der Waals surface area contributed by atoms with Gasteiger partial charge in [-0.15, -0.1) is 0 Å². The van der Waals surface area contributed by atoms with Crippen molar-refractivity contribution in [2.75, 3.05) is 39.1 Å². The van der Waals surface area contributed by atoms with Crippen molar-refractivity contribution in [3.63, 3.8) is 0 Å². The Kier molecular flexibility index (Phi) is 7.09. The van der Waals surface area contributed by atoms with E-state index in [4.69, 9.17) is 14.6 Å². The van der Waals surface area contributed by atoms with Gasteiger partial charge in [-0.3, -0.25) is 9.78 Å². The number of carboxylic acids is 1. The van der Waals surface area contributed by atoms with Gasteiger partial charge in [0.25, 0.3) is 5.91 Å². The Bertz CT molecular complexity index is 891. The number of carbonyl (C=O) groups excluding carboxylic acids is 1. The number of aromatic nitrogens is 1. The van der Waals surface area contributed by atoms with Crippen LogP contribution >= 0.6 is 0 Å². The molecule has 13 heteroatoms. The summed E-state index contributed by atoms with van der Waals surface area (Å²) in [5, 5.41) is 7.12. The predicted molar refractivity (Wildman–Crippen MR) is 98.2 cm³/mol. The van der Waals surface area contributed by atoms with Gasteiger partial charge in [-0.05, 0) is 19.1 Å². The molecule has 1 aromatic heterocycles. The Hall–Kier alpha value is -2.25. The fourth-order valence-electron chi connectivity index (χ4n) is 3.29. The molecule has 2 aliphatic heterocycles. The molecule has 2 aliphatic rings. The molecule has 0 saturated carbocycles. The quantitative estimate of drug-likeness (QED) is 0.686. The second-order valence-electron chi connectivity index (χ2n) is 7.34. The number of aryl methyl sites for hydroxylation is 1. The number of ether oxygens (including phenoxy) is 1. The molecule has 2 N–H and O–H groups in total. The zero-order valence-electron chi connectivity index (χ0n) is 16.3. The molecular weight excluding hydrogens is 431 g/mol. The molecule has 2 fully saturated rings. The van der Waals surface area contributed by atoms with Crippen LogP contribution in [-0.4, -0.2) is 80.6 Å². The SMILES string of the molecule is Cc1ccc(C(=O)N2C[C@@H]3COC[C@]3(CNS(C)(=O)=O)C2)cn1.O=C(O)C(F)(F)F. The number of halogens is 3.